The van der Waals surface area contributed by atoms with Crippen molar-refractivity contribution in [2.75, 3.05) is 13.7 Å². The Hall–Kier alpha value is -2.24. The molecule has 0 heterocycles. The molecule has 2 rings (SSSR count). The van der Waals surface area contributed by atoms with Gasteiger partial charge in [0.2, 0.25) is 0 Å². The van der Waals surface area contributed by atoms with Gasteiger partial charge < -0.3 is 19.9 Å². The Morgan fingerprint density at radius 3 is 2.71 bits per heavy atom. The Morgan fingerprint density at radius 1 is 1.25 bits per heavy atom. The molecule has 0 spiro atoms. The molecule has 0 saturated heterocycles. The van der Waals surface area contributed by atoms with Crippen molar-refractivity contribution in [3.63, 3.8) is 0 Å². The maximum Gasteiger partial charge on any atom is 0.317 e. The summed E-state index contributed by atoms with van der Waals surface area (Å²) in [6.45, 7) is 2.63. The van der Waals surface area contributed by atoms with E-state index in [2.05, 4.69) is 11.4 Å². The third-order valence-corrected chi connectivity index (χ3v) is 3.75. The van der Waals surface area contributed by atoms with Crippen molar-refractivity contribution in [3.8, 4) is 11.5 Å². The highest BCUT2D eigenvalue weighted by atomic mass is 35.5. The number of aryl methyl sites for hydroxylation is 1. The van der Waals surface area contributed by atoms with E-state index >= 15 is 0 Å². The molecule has 0 amide bonds. The van der Waals surface area contributed by atoms with Gasteiger partial charge in [0.25, 0.3) is 0 Å². The zero-order valence-electron chi connectivity index (χ0n) is 13.6. The van der Waals surface area contributed by atoms with Crippen LogP contribution in [0.2, 0.25) is 5.02 Å². The van der Waals surface area contributed by atoms with E-state index in [0.29, 0.717) is 29.7 Å². The Balaban J connectivity index is 2.09. The van der Waals surface area contributed by atoms with E-state index in [0.717, 1.165) is 11.1 Å². The lowest BCUT2D eigenvalue weighted by Crippen LogP contribution is -2.22. The van der Waals surface area contributed by atoms with Crippen LogP contribution in [0.1, 0.15) is 16.7 Å². The third-order valence-electron chi connectivity index (χ3n) is 3.40. The molecule has 2 aromatic rings. The van der Waals surface area contributed by atoms with Gasteiger partial charge in [-0.3, -0.25) is 4.79 Å². The summed E-state index contributed by atoms with van der Waals surface area (Å²) in [7, 11) is 1.55. The van der Waals surface area contributed by atoms with Crippen molar-refractivity contribution in [2.24, 2.45) is 0 Å². The number of ether oxygens (including phenoxy) is 2. The summed E-state index contributed by atoms with van der Waals surface area (Å²) in [5.74, 6) is 0.182. The molecule has 5 nitrogen and oxygen atoms in total. The van der Waals surface area contributed by atoms with Crippen LogP contribution in [0.5, 0.6) is 11.5 Å². The van der Waals surface area contributed by atoms with Crippen LogP contribution in [0.15, 0.2) is 36.4 Å². The minimum Gasteiger partial charge on any atom is -0.493 e. The van der Waals surface area contributed by atoms with Gasteiger partial charge in [0.15, 0.2) is 11.5 Å². The SMILES string of the molecule is COc1cc(CNCC(=O)O)c(Cl)cc1OCc1cccc(C)c1. The molecule has 0 aromatic heterocycles. The molecule has 0 radical (unpaired) electrons. The number of carbonyl (C=O) groups is 1. The molecular weight excluding hydrogens is 330 g/mol. The summed E-state index contributed by atoms with van der Waals surface area (Å²) in [6, 6.07) is 11.5. The predicted molar refractivity (Wildman–Crippen MR) is 92.9 cm³/mol. The van der Waals surface area contributed by atoms with Crippen molar-refractivity contribution in [1.29, 1.82) is 0 Å². The van der Waals surface area contributed by atoms with E-state index in [1.807, 2.05) is 25.1 Å². The molecule has 0 bridgehead atoms. The highest BCUT2D eigenvalue weighted by Gasteiger charge is 2.11. The molecule has 24 heavy (non-hydrogen) atoms. The van der Waals surface area contributed by atoms with Gasteiger partial charge >= 0.3 is 5.97 Å². The molecule has 0 atom stereocenters. The van der Waals surface area contributed by atoms with Crippen LogP contribution in [0.4, 0.5) is 0 Å². The third kappa shape index (κ3) is 5.15. The number of nitrogens with one attached hydrogen (secondary N) is 1. The molecule has 0 aliphatic rings. The molecular formula is C18H20ClNO4. The number of carboxylic acid groups (broad SMARTS) is 1. The first-order valence-electron chi connectivity index (χ1n) is 7.47. The maximum atomic E-state index is 10.6. The summed E-state index contributed by atoms with van der Waals surface area (Å²) in [6.07, 6.45) is 0. The van der Waals surface area contributed by atoms with Gasteiger partial charge in [0.05, 0.1) is 13.7 Å². The van der Waals surface area contributed by atoms with Crippen LogP contribution in [0.25, 0.3) is 0 Å². The highest BCUT2D eigenvalue weighted by molar-refractivity contribution is 6.31. The quantitative estimate of drug-likeness (QED) is 0.764. The molecule has 0 saturated carbocycles. The first-order valence-corrected chi connectivity index (χ1v) is 7.84. The van der Waals surface area contributed by atoms with Crippen LogP contribution in [0.3, 0.4) is 0 Å². The largest absolute Gasteiger partial charge is 0.493 e. The van der Waals surface area contributed by atoms with E-state index in [4.69, 9.17) is 26.2 Å². The van der Waals surface area contributed by atoms with E-state index in [1.165, 1.54) is 5.56 Å². The van der Waals surface area contributed by atoms with Gasteiger partial charge in [-0.15, -0.1) is 0 Å². The number of rotatable bonds is 8. The van der Waals surface area contributed by atoms with Crippen molar-refractivity contribution in [2.45, 2.75) is 20.1 Å². The van der Waals surface area contributed by atoms with Gasteiger partial charge in [-0.1, -0.05) is 41.4 Å². The lowest BCUT2D eigenvalue weighted by atomic mass is 10.1. The van der Waals surface area contributed by atoms with E-state index in [9.17, 15) is 4.79 Å². The first-order chi connectivity index (χ1) is 11.5. The number of halogens is 1. The fourth-order valence-electron chi connectivity index (χ4n) is 2.25. The summed E-state index contributed by atoms with van der Waals surface area (Å²) < 4.78 is 11.2. The molecule has 0 aliphatic carbocycles. The van der Waals surface area contributed by atoms with Gasteiger partial charge in [-0.2, -0.15) is 0 Å². The van der Waals surface area contributed by atoms with E-state index in [1.54, 1.807) is 19.2 Å². The van der Waals surface area contributed by atoms with E-state index < -0.39 is 5.97 Å². The van der Waals surface area contributed by atoms with Gasteiger partial charge in [-0.05, 0) is 24.1 Å². The minimum absolute atomic E-state index is 0.135. The van der Waals surface area contributed by atoms with Crippen molar-refractivity contribution in [3.05, 3.63) is 58.1 Å². The van der Waals surface area contributed by atoms with Crippen LogP contribution < -0.4 is 14.8 Å². The Labute approximate surface area is 146 Å². The Kier molecular flexibility index (Phi) is 6.46. The average Bonchev–Trinajstić information content (AvgIpc) is 2.54. The standard InChI is InChI=1S/C18H20ClNO4/c1-12-4-3-5-13(6-12)11-24-17-8-15(19)14(7-16(17)23-2)9-20-10-18(21)22/h3-8,20H,9-11H2,1-2H3,(H,21,22). The van der Waals surface area contributed by atoms with Crippen LogP contribution in [0, 0.1) is 6.92 Å². The van der Waals surface area contributed by atoms with Gasteiger partial charge in [0, 0.05) is 17.6 Å². The molecule has 2 aromatic carbocycles. The summed E-state index contributed by atoms with van der Waals surface area (Å²) >= 11 is 6.26. The van der Waals surface area contributed by atoms with Crippen molar-refractivity contribution < 1.29 is 19.4 Å². The lowest BCUT2D eigenvalue weighted by molar-refractivity contribution is -0.135. The summed E-state index contributed by atoms with van der Waals surface area (Å²) in [4.78, 5) is 10.6. The Morgan fingerprint density at radius 2 is 2.04 bits per heavy atom. The number of hydrogen-bond acceptors (Lipinski definition) is 4. The minimum atomic E-state index is -0.920. The fourth-order valence-corrected chi connectivity index (χ4v) is 2.47. The molecule has 0 fully saturated rings. The number of methoxy groups -OCH3 is 1. The first kappa shape index (κ1) is 18.1. The summed E-state index contributed by atoms with van der Waals surface area (Å²) in [5.41, 5.74) is 2.97. The van der Waals surface area contributed by atoms with Crippen LogP contribution in [-0.2, 0) is 17.9 Å². The topological polar surface area (TPSA) is 67.8 Å². The molecule has 0 aliphatic heterocycles. The second kappa shape index (κ2) is 8.57. The molecule has 2 N–H and O–H groups in total. The van der Waals surface area contributed by atoms with Crippen molar-refractivity contribution >= 4 is 17.6 Å². The smallest absolute Gasteiger partial charge is 0.317 e. The lowest BCUT2D eigenvalue weighted by Gasteiger charge is -2.14. The zero-order valence-corrected chi connectivity index (χ0v) is 14.4. The molecule has 6 heteroatoms. The molecule has 128 valence electrons. The number of hydrogen-bond donors (Lipinski definition) is 2. The fraction of sp³-hybridized carbons (Fsp3) is 0.278. The van der Waals surface area contributed by atoms with Crippen molar-refractivity contribution in [1.82, 2.24) is 5.32 Å². The zero-order chi connectivity index (χ0) is 17.5. The molecule has 0 unspecified atom stereocenters. The predicted octanol–water partition coefficient (Wildman–Crippen LogP) is 3.41. The highest BCUT2D eigenvalue weighted by Crippen LogP contribution is 2.34. The number of benzene rings is 2. The van der Waals surface area contributed by atoms with Crippen LogP contribution in [-0.4, -0.2) is 24.7 Å². The Bertz CT molecular complexity index is 718. The van der Waals surface area contributed by atoms with Gasteiger partial charge in [-0.25, -0.2) is 0 Å². The number of aliphatic carboxylic acids is 1. The maximum absolute atomic E-state index is 10.6. The van der Waals surface area contributed by atoms with Crippen LogP contribution >= 0.6 is 11.6 Å². The number of carboxylic acids is 1. The normalized spacial score (nSPS) is 10.5. The van der Waals surface area contributed by atoms with E-state index in [-0.39, 0.29) is 6.54 Å². The second-order valence-corrected chi connectivity index (χ2v) is 5.78. The average molecular weight is 350 g/mol. The monoisotopic (exact) mass is 349 g/mol. The van der Waals surface area contributed by atoms with Gasteiger partial charge in [0.1, 0.15) is 6.61 Å². The summed E-state index contributed by atoms with van der Waals surface area (Å²) in [5, 5.41) is 12.0. The second-order valence-electron chi connectivity index (χ2n) is 5.37.